The van der Waals surface area contributed by atoms with Gasteiger partial charge in [0, 0.05) is 31.3 Å². The van der Waals surface area contributed by atoms with Crippen LogP contribution in [0.15, 0.2) is 30.3 Å². The number of ether oxygens (including phenoxy) is 1. The topological polar surface area (TPSA) is 59.1 Å². The Hall–Kier alpha value is -1.57. The summed E-state index contributed by atoms with van der Waals surface area (Å²) in [7, 11) is 1.40. The molecular weight excluding hydrogens is 376 g/mol. The molecule has 152 valence electrons. The first-order valence-corrected chi connectivity index (χ1v) is 11.2. The van der Waals surface area contributed by atoms with Crippen molar-refractivity contribution in [2.45, 2.75) is 43.9 Å². The van der Waals surface area contributed by atoms with E-state index in [2.05, 4.69) is 4.90 Å². The first-order chi connectivity index (χ1) is 13.6. The van der Waals surface area contributed by atoms with Crippen LogP contribution in [0.1, 0.15) is 31.2 Å². The predicted molar refractivity (Wildman–Crippen MR) is 107 cm³/mol. The first kappa shape index (κ1) is 19.7. The Morgan fingerprint density at radius 1 is 1.25 bits per heavy atom. The van der Waals surface area contributed by atoms with Gasteiger partial charge in [0.1, 0.15) is 6.61 Å². The van der Waals surface area contributed by atoms with Crippen LogP contribution in [0.4, 0.5) is 0 Å². The Bertz CT molecular complexity index is 700. The molecule has 0 bridgehead atoms. The van der Waals surface area contributed by atoms with Crippen molar-refractivity contribution in [2.75, 3.05) is 31.7 Å². The van der Waals surface area contributed by atoms with Crippen molar-refractivity contribution in [2.24, 2.45) is 5.92 Å². The Labute approximate surface area is 170 Å². The number of carbonyl (C=O) groups is 2. The summed E-state index contributed by atoms with van der Waals surface area (Å²) in [4.78, 5) is 33.9. The van der Waals surface area contributed by atoms with Gasteiger partial charge in [0.05, 0.1) is 18.6 Å². The van der Waals surface area contributed by atoms with Crippen molar-refractivity contribution in [1.82, 2.24) is 9.96 Å². The molecule has 1 aromatic rings. The van der Waals surface area contributed by atoms with E-state index in [0.29, 0.717) is 12.6 Å². The average Bonchev–Trinajstić information content (AvgIpc) is 3.35. The second-order valence-corrected chi connectivity index (χ2v) is 9.03. The van der Waals surface area contributed by atoms with E-state index >= 15 is 0 Å². The van der Waals surface area contributed by atoms with Crippen molar-refractivity contribution in [1.29, 1.82) is 0 Å². The second-order valence-electron chi connectivity index (χ2n) is 7.88. The number of nitrogens with zero attached hydrogens (tertiary/aromatic N) is 2. The van der Waals surface area contributed by atoms with Crippen molar-refractivity contribution < 1.29 is 19.2 Å². The van der Waals surface area contributed by atoms with E-state index in [1.54, 1.807) is 0 Å². The van der Waals surface area contributed by atoms with Gasteiger partial charge < -0.3 is 4.74 Å². The molecule has 1 aromatic carbocycles. The third kappa shape index (κ3) is 3.67. The molecule has 3 saturated heterocycles. The van der Waals surface area contributed by atoms with E-state index in [1.807, 2.05) is 42.1 Å². The largest absolute Gasteiger partial charge is 0.469 e. The van der Waals surface area contributed by atoms with Crippen LogP contribution in [0.2, 0.25) is 0 Å². The van der Waals surface area contributed by atoms with Gasteiger partial charge in [-0.3, -0.25) is 19.3 Å². The molecule has 0 radical (unpaired) electrons. The number of rotatable bonds is 5. The molecule has 0 aromatic heterocycles. The minimum atomic E-state index is -0.596. The van der Waals surface area contributed by atoms with Crippen molar-refractivity contribution in [3.05, 3.63) is 35.9 Å². The minimum absolute atomic E-state index is 0.115. The van der Waals surface area contributed by atoms with Crippen LogP contribution in [-0.2, 0) is 25.8 Å². The zero-order valence-electron chi connectivity index (χ0n) is 16.3. The molecule has 2 unspecified atom stereocenters. The van der Waals surface area contributed by atoms with Gasteiger partial charge in [-0.25, -0.2) is 5.06 Å². The second kappa shape index (κ2) is 8.43. The number of hydroxylamine groups is 2. The van der Waals surface area contributed by atoms with Gasteiger partial charge in [0.25, 0.3) is 0 Å². The summed E-state index contributed by atoms with van der Waals surface area (Å²) in [5.74, 6) is 1.53. The number of benzene rings is 1. The lowest BCUT2D eigenvalue weighted by atomic mass is 9.77. The zero-order chi connectivity index (χ0) is 19.6. The third-order valence-electron chi connectivity index (χ3n) is 6.43. The fourth-order valence-corrected chi connectivity index (χ4v) is 6.09. The number of carbonyl (C=O) groups excluding carboxylic acids is 2. The number of esters is 1. The molecule has 0 saturated carbocycles. The summed E-state index contributed by atoms with van der Waals surface area (Å²) >= 11 is 2.01. The van der Waals surface area contributed by atoms with E-state index in [0.717, 1.165) is 31.5 Å². The molecule has 1 amide bonds. The Morgan fingerprint density at radius 3 is 2.64 bits per heavy atom. The number of amides is 1. The van der Waals surface area contributed by atoms with Gasteiger partial charge in [-0.1, -0.05) is 30.3 Å². The molecule has 1 spiro atoms. The number of hydrogen-bond donors (Lipinski definition) is 0. The van der Waals surface area contributed by atoms with E-state index in [-0.39, 0.29) is 18.3 Å². The maximum absolute atomic E-state index is 12.8. The van der Waals surface area contributed by atoms with Gasteiger partial charge in [-0.2, -0.15) is 11.8 Å². The Balaban J connectivity index is 1.52. The lowest BCUT2D eigenvalue weighted by molar-refractivity contribution is -0.229. The molecule has 28 heavy (non-hydrogen) atoms. The van der Waals surface area contributed by atoms with Crippen LogP contribution >= 0.6 is 11.8 Å². The average molecular weight is 405 g/mol. The molecule has 3 fully saturated rings. The number of piperidine rings is 1. The third-order valence-corrected chi connectivity index (χ3v) is 7.58. The van der Waals surface area contributed by atoms with Crippen LogP contribution in [0.5, 0.6) is 0 Å². The van der Waals surface area contributed by atoms with E-state index in [9.17, 15) is 9.59 Å². The highest BCUT2D eigenvalue weighted by Gasteiger charge is 2.58. The summed E-state index contributed by atoms with van der Waals surface area (Å²) < 4.78 is 5.06. The monoisotopic (exact) mass is 404 g/mol. The molecule has 3 heterocycles. The highest BCUT2D eigenvalue weighted by Crippen LogP contribution is 2.45. The lowest BCUT2D eigenvalue weighted by Gasteiger charge is -2.47. The number of methoxy groups -OCH3 is 1. The van der Waals surface area contributed by atoms with Gasteiger partial charge in [0.15, 0.2) is 0 Å². The number of hydrogen-bond acceptors (Lipinski definition) is 6. The minimum Gasteiger partial charge on any atom is -0.469 e. The van der Waals surface area contributed by atoms with E-state index in [4.69, 9.17) is 9.57 Å². The van der Waals surface area contributed by atoms with Gasteiger partial charge in [-0.05, 0) is 30.6 Å². The molecule has 0 aliphatic carbocycles. The molecule has 4 rings (SSSR count). The molecule has 2 atom stereocenters. The summed E-state index contributed by atoms with van der Waals surface area (Å²) in [6.07, 6.45) is 2.88. The predicted octanol–water partition coefficient (Wildman–Crippen LogP) is 2.48. The van der Waals surface area contributed by atoms with Crippen molar-refractivity contribution in [3.8, 4) is 0 Å². The summed E-state index contributed by atoms with van der Waals surface area (Å²) in [6, 6.07) is 10.4. The zero-order valence-corrected chi connectivity index (χ0v) is 17.2. The van der Waals surface area contributed by atoms with Crippen molar-refractivity contribution >= 4 is 23.6 Å². The quantitative estimate of drug-likeness (QED) is 0.703. The molecule has 3 aliphatic rings. The van der Waals surface area contributed by atoms with Crippen molar-refractivity contribution in [3.63, 3.8) is 0 Å². The molecule has 7 heteroatoms. The molecule has 3 aliphatic heterocycles. The highest BCUT2D eigenvalue weighted by atomic mass is 32.2. The van der Waals surface area contributed by atoms with Crippen LogP contribution in [0.25, 0.3) is 0 Å². The van der Waals surface area contributed by atoms with Crippen LogP contribution < -0.4 is 0 Å². The van der Waals surface area contributed by atoms with Gasteiger partial charge in [-0.15, -0.1) is 0 Å². The molecule has 0 N–H and O–H groups in total. The summed E-state index contributed by atoms with van der Waals surface area (Å²) in [5, 5.41) is 1.53. The molecular formula is C21H28N2O4S. The normalized spacial score (nSPS) is 27.5. The fourth-order valence-electron chi connectivity index (χ4n) is 4.83. The smallest absolute Gasteiger partial charge is 0.311 e. The first-order valence-electron chi connectivity index (χ1n) is 10.0. The number of thioether (sulfide) groups is 1. The highest BCUT2D eigenvalue weighted by molar-refractivity contribution is 7.99. The maximum Gasteiger partial charge on any atom is 0.311 e. The van der Waals surface area contributed by atoms with Gasteiger partial charge >= 0.3 is 5.97 Å². The summed E-state index contributed by atoms with van der Waals surface area (Å²) in [5.41, 5.74) is 0.411. The number of likely N-dealkylation sites (tertiary alicyclic amines) is 1. The Kier molecular flexibility index (Phi) is 5.94. The van der Waals surface area contributed by atoms with E-state index < -0.39 is 11.5 Å². The lowest BCUT2D eigenvalue weighted by Crippen LogP contribution is -2.58. The Morgan fingerprint density at radius 2 is 2.00 bits per heavy atom. The SMILES string of the molecule is COC(=O)C1CC(=O)N(OCc2ccccc2)C12CCN(C1CCSC1)CC2. The fraction of sp³-hybridized carbons (Fsp3) is 0.619. The van der Waals surface area contributed by atoms with Crippen LogP contribution in [0.3, 0.4) is 0 Å². The maximum atomic E-state index is 12.8. The standard InChI is InChI=1S/C21H28N2O4S/c1-26-20(25)18-13-19(24)23(27-14-16-5-3-2-4-6-16)21(18)8-10-22(11-9-21)17-7-12-28-15-17/h2-6,17-18H,7-15H2,1H3. The summed E-state index contributed by atoms with van der Waals surface area (Å²) in [6.45, 7) is 2.10. The van der Waals surface area contributed by atoms with E-state index in [1.165, 1.54) is 30.1 Å². The van der Waals surface area contributed by atoms with Crippen LogP contribution in [0, 0.1) is 5.92 Å². The van der Waals surface area contributed by atoms with Crippen LogP contribution in [-0.4, -0.2) is 65.1 Å². The van der Waals surface area contributed by atoms with Gasteiger partial charge in [0.2, 0.25) is 5.91 Å². The molecule has 6 nitrogen and oxygen atoms in total.